The normalized spacial score (nSPS) is 10.9. The minimum atomic E-state index is 0.667. The molecule has 4 heteroatoms. The van der Waals surface area contributed by atoms with Crippen LogP contribution in [0.25, 0.3) is 55.5 Å². The van der Waals surface area contributed by atoms with Crippen LogP contribution in [-0.4, -0.2) is 15.0 Å². The Morgan fingerprint density at radius 3 is 1.37 bits per heavy atom. The second-order valence-electron chi connectivity index (χ2n) is 9.30. The summed E-state index contributed by atoms with van der Waals surface area (Å²) in [5.41, 5.74) is 8.57. The van der Waals surface area contributed by atoms with Gasteiger partial charge in [0.25, 0.3) is 0 Å². The fourth-order valence-electron chi connectivity index (χ4n) is 4.93. The molecule has 180 valence electrons. The standard InChI is InChI=1S/C34H24N4/c1-22-36-23(2)38-34(37-22)29-17-13-26(14-18-29)25-11-15-28(16-12-25)31-20-19-30(32-5-3-4-6-33(31)32)27-9-7-24(21-35)8-10-27/h3-20H,1-2H3. The summed E-state index contributed by atoms with van der Waals surface area (Å²) >= 11 is 0. The van der Waals surface area contributed by atoms with Crippen molar-refractivity contribution in [2.24, 2.45) is 0 Å². The number of aromatic nitrogens is 3. The molecule has 0 aliphatic carbocycles. The van der Waals surface area contributed by atoms with E-state index in [4.69, 9.17) is 5.26 Å². The summed E-state index contributed by atoms with van der Waals surface area (Å²) in [6.07, 6.45) is 0. The lowest BCUT2D eigenvalue weighted by atomic mass is 9.91. The van der Waals surface area contributed by atoms with Crippen molar-refractivity contribution >= 4 is 10.8 Å². The van der Waals surface area contributed by atoms with E-state index in [1.54, 1.807) is 0 Å². The van der Waals surface area contributed by atoms with Gasteiger partial charge < -0.3 is 0 Å². The van der Waals surface area contributed by atoms with Gasteiger partial charge in [-0.05, 0) is 70.1 Å². The van der Waals surface area contributed by atoms with E-state index in [0.29, 0.717) is 11.4 Å². The van der Waals surface area contributed by atoms with E-state index >= 15 is 0 Å². The van der Waals surface area contributed by atoms with E-state index in [0.717, 1.165) is 39.5 Å². The first kappa shape index (κ1) is 23.3. The first-order valence-electron chi connectivity index (χ1n) is 12.5. The number of fused-ring (bicyclic) bond motifs is 1. The maximum Gasteiger partial charge on any atom is 0.163 e. The predicted octanol–water partition coefficient (Wildman–Crippen LogP) is 8.18. The van der Waals surface area contributed by atoms with E-state index in [2.05, 4.69) is 106 Å². The Morgan fingerprint density at radius 1 is 0.474 bits per heavy atom. The molecule has 0 spiro atoms. The maximum absolute atomic E-state index is 9.15. The van der Waals surface area contributed by atoms with Crippen molar-refractivity contribution in [2.45, 2.75) is 13.8 Å². The minimum Gasteiger partial charge on any atom is -0.219 e. The molecule has 0 radical (unpaired) electrons. The largest absolute Gasteiger partial charge is 0.219 e. The number of nitriles is 1. The van der Waals surface area contributed by atoms with Gasteiger partial charge in [-0.3, -0.25) is 0 Å². The molecule has 6 aromatic rings. The second-order valence-corrected chi connectivity index (χ2v) is 9.30. The Kier molecular flexibility index (Phi) is 5.95. The molecule has 4 nitrogen and oxygen atoms in total. The zero-order chi connectivity index (χ0) is 26.1. The summed E-state index contributed by atoms with van der Waals surface area (Å²) in [6.45, 7) is 3.77. The van der Waals surface area contributed by atoms with Gasteiger partial charge in [-0.15, -0.1) is 0 Å². The summed E-state index contributed by atoms with van der Waals surface area (Å²) in [5, 5.41) is 11.5. The molecule has 0 aliphatic rings. The van der Waals surface area contributed by atoms with Crippen LogP contribution in [0.1, 0.15) is 17.2 Å². The molecule has 0 N–H and O–H groups in total. The van der Waals surface area contributed by atoms with Crippen LogP contribution >= 0.6 is 0 Å². The highest BCUT2D eigenvalue weighted by atomic mass is 15.0. The Hall–Kier alpha value is -5.14. The van der Waals surface area contributed by atoms with Gasteiger partial charge in [-0.2, -0.15) is 5.26 Å². The smallest absolute Gasteiger partial charge is 0.163 e. The van der Waals surface area contributed by atoms with Gasteiger partial charge in [-0.25, -0.2) is 15.0 Å². The number of hydrogen-bond donors (Lipinski definition) is 0. The molecule has 5 aromatic carbocycles. The van der Waals surface area contributed by atoms with Gasteiger partial charge in [0, 0.05) is 5.56 Å². The van der Waals surface area contributed by atoms with Crippen molar-refractivity contribution < 1.29 is 0 Å². The fraction of sp³-hybridized carbons (Fsp3) is 0.0588. The molecule has 0 fully saturated rings. The third-order valence-corrected chi connectivity index (χ3v) is 6.78. The molecule has 0 saturated heterocycles. The quantitative estimate of drug-likeness (QED) is 0.251. The van der Waals surface area contributed by atoms with Crippen LogP contribution in [-0.2, 0) is 0 Å². The van der Waals surface area contributed by atoms with E-state index in [-0.39, 0.29) is 0 Å². The summed E-state index contributed by atoms with van der Waals surface area (Å²) in [7, 11) is 0. The lowest BCUT2D eigenvalue weighted by Crippen LogP contribution is -1.98. The van der Waals surface area contributed by atoms with Crippen molar-refractivity contribution in [3.05, 3.63) is 126 Å². The molecule has 0 amide bonds. The highest BCUT2D eigenvalue weighted by Crippen LogP contribution is 2.36. The summed E-state index contributed by atoms with van der Waals surface area (Å²) < 4.78 is 0. The van der Waals surface area contributed by atoms with Crippen LogP contribution in [0.5, 0.6) is 0 Å². The van der Waals surface area contributed by atoms with Crippen molar-refractivity contribution in [1.82, 2.24) is 15.0 Å². The van der Waals surface area contributed by atoms with E-state index in [9.17, 15) is 0 Å². The maximum atomic E-state index is 9.15. The van der Waals surface area contributed by atoms with Crippen molar-refractivity contribution in [2.75, 3.05) is 0 Å². The van der Waals surface area contributed by atoms with Crippen molar-refractivity contribution in [3.63, 3.8) is 0 Å². The third-order valence-electron chi connectivity index (χ3n) is 6.78. The topological polar surface area (TPSA) is 62.5 Å². The van der Waals surface area contributed by atoms with Gasteiger partial charge in [0.15, 0.2) is 5.82 Å². The SMILES string of the molecule is Cc1nc(C)nc(-c2ccc(-c3ccc(-c4ccc(-c5ccc(C#N)cc5)c5ccccc45)cc3)cc2)n1. The van der Waals surface area contributed by atoms with Crippen molar-refractivity contribution in [3.8, 4) is 50.8 Å². The Balaban J connectivity index is 1.32. The van der Waals surface area contributed by atoms with E-state index in [1.807, 2.05) is 38.1 Å². The summed E-state index contributed by atoms with van der Waals surface area (Å²) in [5.74, 6) is 2.16. The average molecular weight is 489 g/mol. The predicted molar refractivity (Wildman–Crippen MR) is 153 cm³/mol. The van der Waals surface area contributed by atoms with E-state index in [1.165, 1.54) is 21.9 Å². The third kappa shape index (κ3) is 4.42. The van der Waals surface area contributed by atoms with E-state index < -0.39 is 0 Å². The zero-order valence-corrected chi connectivity index (χ0v) is 21.2. The number of nitrogens with zero attached hydrogens (tertiary/aromatic N) is 4. The Labute approximate surface area is 221 Å². The molecule has 0 atom stereocenters. The molecule has 38 heavy (non-hydrogen) atoms. The first-order valence-corrected chi connectivity index (χ1v) is 12.5. The van der Waals surface area contributed by atoms with Gasteiger partial charge >= 0.3 is 0 Å². The number of hydrogen-bond acceptors (Lipinski definition) is 4. The molecule has 0 aliphatic heterocycles. The van der Waals surface area contributed by atoms with Gasteiger partial charge in [0.2, 0.25) is 0 Å². The number of aryl methyl sites for hydroxylation is 2. The van der Waals surface area contributed by atoms with Crippen LogP contribution in [0, 0.1) is 25.2 Å². The molecule has 1 aromatic heterocycles. The highest BCUT2D eigenvalue weighted by Gasteiger charge is 2.10. The van der Waals surface area contributed by atoms with Gasteiger partial charge in [0.05, 0.1) is 11.6 Å². The Bertz CT molecular complexity index is 1790. The number of rotatable bonds is 4. The van der Waals surface area contributed by atoms with Crippen LogP contribution in [0.15, 0.2) is 109 Å². The molecular formula is C34H24N4. The molecular weight excluding hydrogens is 464 g/mol. The van der Waals surface area contributed by atoms with Crippen LogP contribution in [0.3, 0.4) is 0 Å². The van der Waals surface area contributed by atoms with Crippen LogP contribution in [0.4, 0.5) is 0 Å². The van der Waals surface area contributed by atoms with Crippen LogP contribution < -0.4 is 0 Å². The fourth-order valence-corrected chi connectivity index (χ4v) is 4.93. The molecule has 6 rings (SSSR count). The van der Waals surface area contributed by atoms with Crippen molar-refractivity contribution in [1.29, 1.82) is 5.26 Å². The lowest BCUT2D eigenvalue weighted by molar-refractivity contribution is 0.928. The molecule has 0 bridgehead atoms. The summed E-state index contributed by atoms with van der Waals surface area (Å²) in [6, 6.07) is 39.9. The van der Waals surface area contributed by atoms with Gasteiger partial charge in [-0.1, -0.05) is 97.1 Å². The van der Waals surface area contributed by atoms with Crippen LogP contribution in [0.2, 0.25) is 0 Å². The van der Waals surface area contributed by atoms with Gasteiger partial charge in [0.1, 0.15) is 11.6 Å². The first-order chi connectivity index (χ1) is 18.6. The molecule has 0 unspecified atom stereocenters. The summed E-state index contributed by atoms with van der Waals surface area (Å²) in [4.78, 5) is 13.2. The molecule has 0 saturated carbocycles. The lowest BCUT2D eigenvalue weighted by Gasteiger charge is -2.13. The second kappa shape index (κ2) is 9.72. The zero-order valence-electron chi connectivity index (χ0n) is 21.2. The monoisotopic (exact) mass is 488 g/mol. The average Bonchev–Trinajstić information content (AvgIpc) is 2.96. The molecule has 1 heterocycles. The Morgan fingerprint density at radius 2 is 0.895 bits per heavy atom. The number of benzene rings is 5. The minimum absolute atomic E-state index is 0.667. The highest BCUT2D eigenvalue weighted by molar-refractivity contribution is 6.05.